The summed E-state index contributed by atoms with van der Waals surface area (Å²) in [6, 6.07) is 3.80. The number of esters is 1. The highest BCUT2D eigenvalue weighted by Gasteiger charge is 2.17. The number of carbonyl (C=O) groups excluding carboxylic acids is 1. The number of nitriles is 1. The van der Waals surface area contributed by atoms with Crippen LogP contribution in [0.2, 0.25) is 0 Å². The molecule has 0 radical (unpaired) electrons. The van der Waals surface area contributed by atoms with Gasteiger partial charge < -0.3 is 15.0 Å². The van der Waals surface area contributed by atoms with E-state index in [-0.39, 0.29) is 11.4 Å². The fourth-order valence-electron chi connectivity index (χ4n) is 1.60. The maximum Gasteiger partial charge on any atom is 0.355 e. The molecule has 5 heteroatoms. The summed E-state index contributed by atoms with van der Waals surface area (Å²) in [6.45, 7) is 4.05. The third-order valence-corrected chi connectivity index (χ3v) is 2.72. The van der Waals surface area contributed by atoms with Crippen molar-refractivity contribution in [2.24, 2.45) is 12.5 Å². The predicted molar refractivity (Wildman–Crippen MR) is 68.7 cm³/mol. The SMILES string of the molecule is Cn1cc(N)cc1C(=O)OCCCC(C)(C)C#N. The Morgan fingerprint density at radius 3 is 2.78 bits per heavy atom. The van der Waals surface area contributed by atoms with Crippen molar-refractivity contribution in [1.29, 1.82) is 5.26 Å². The second kappa shape index (κ2) is 5.58. The molecule has 0 amide bonds. The smallest absolute Gasteiger partial charge is 0.355 e. The lowest BCUT2D eigenvalue weighted by Gasteiger charge is -2.14. The van der Waals surface area contributed by atoms with E-state index in [4.69, 9.17) is 15.7 Å². The molecule has 18 heavy (non-hydrogen) atoms. The molecule has 0 spiro atoms. The molecule has 0 unspecified atom stereocenters. The molecule has 1 rings (SSSR count). The third kappa shape index (κ3) is 3.81. The first-order valence-corrected chi connectivity index (χ1v) is 5.86. The summed E-state index contributed by atoms with van der Waals surface area (Å²) in [4.78, 5) is 11.7. The van der Waals surface area contributed by atoms with E-state index in [2.05, 4.69) is 6.07 Å². The lowest BCUT2D eigenvalue weighted by Crippen LogP contribution is -2.13. The Kier molecular flexibility index (Phi) is 4.38. The van der Waals surface area contributed by atoms with Gasteiger partial charge in [-0.2, -0.15) is 5.26 Å². The van der Waals surface area contributed by atoms with Gasteiger partial charge in [0.1, 0.15) is 5.69 Å². The van der Waals surface area contributed by atoms with E-state index in [0.29, 0.717) is 30.8 Å². The van der Waals surface area contributed by atoms with Crippen molar-refractivity contribution in [3.8, 4) is 6.07 Å². The molecule has 0 aromatic carbocycles. The van der Waals surface area contributed by atoms with Crippen molar-refractivity contribution < 1.29 is 9.53 Å². The lowest BCUT2D eigenvalue weighted by molar-refractivity contribution is 0.0480. The number of aryl methyl sites for hydroxylation is 1. The molecule has 0 bridgehead atoms. The van der Waals surface area contributed by atoms with Gasteiger partial charge in [0.15, 0.2) is 0 Å². The number of ether oxygens (including phenoxy) is 1. The van der Waals surface area contributed by atoms with E-state index in [0.717, 1.165) is 0 Å². The number of hydrogen-bond acceptors (Lipinski definition) is 4. The number of rotatable bonds is 5. The zero-order valence-corrected chi connectivity index (χ0v) is 11.1. The third-order valence-electron chi connectivity index (χ3n) is 2.72. The number of nitrogen functional groups attached to an aromatic ring is 1. The van der Waals surface area contributed by atoms with E-state index < -0.39 is 0 Å². The highest BCUT2D eigenvalue weighted by Crippen LogP contribution is 2.20. The molecular weight excluding hydrogens is 230 g/mol. The summed E-state index contributed by atoms with van der Waals surface area (Å²) in [5.41, 5.74) is 6.18. The molecule has 5 nitrogen and oxygen atoms in total. The Morgan fingerprint density at radius 2 is 2.28 bits per heavy atom. The molecule has 0 aliphatic rings. The average Bonchev–Trinajstić information content (AvgIpc) is 2.64. The van der Waals surface area contributed by atoms with Crippen molar-refractivity contribution in [3.63, 3.8) is 0 Å². The molecule has 0 atom stereocenters. The molecule has 1 heterocycles. The number of anilines is 1. The van der Waals surface area contributed by atoms with Crippen molar-refractivity contribution in [2.75, 3.05) is 12.3 Å². The Bertz CT molecular complexity index is 469. The first kappa shape index (κ1) is 14.1. The van der Waals surface area contributed by atoms with Gasteiger partial charge in [-0.15, -0.1) is 0 Å². The molecule has 0 saturated heterocycles. The zero-order chi connectivity index (χ0) is 13.8. The molecule has 98 valence electrons. The summed E-state index contributed by atoms with van der Waals surface area (Å²) < 4.78 is 6.77. The summed E-state index contributed by atoms with van der Waals surface area (Å²) in [7, 11) is 1.74. The number of hydrogen-bond donors (Lipinski definition) is 1. The Labute approximate surface area is 107 Å². The topological polar surface area (TPSA) is 81.0 Å². The first-order valence-electron chi connectivity index (χ1n) is 5.86. The van der Waals surface area contributed by atoms with Crippen LogP contribution in [-0.2, 0) is 11.8 Å². The predicted octanol–water partition coefficient (Wildman–Crippen LogP) is 2.09. The van der Waals surface area contributed by atoms with E-state index in [9.17, 15) is 4.79 Å². The van der Waals surface area contributed by atoms with Crippen LogP contribution in [0.4, 0.5) is 5.69 Å². The first-order chi connectivity index (χ1) is 8.35. The van der Waals surface area contributed by atoms with Crippen molar-refractivity contribution >= 4 is 11.7 Å². The largest absolute Gasteiger partial charge is 0.461 e. The maximum atomic E-state index is 11.7. The van der Waals surface area contributed by atoms with Crippen LogP contribution in [0, 0.1) is 16.7 Å². The summed E-state index contributed by atoms with van der Waals surface area (Å²) in [5, 5.41) is 8.84. The van der Waals surface area contributed by atoms with Crippen molar-refractivity contribution in [1.82, 2.24) is 4.57 Å². The van der Waals surface area contributed by atoms with E-state index >= 15 is 0 Å². The molecule has 0 saturated carbocycles. The van der Waals surface area contributed by atoms with Crippen LogP contribution in [0.1, 0.15) is 37.2 Å². The normalized spacial score (nSPS) is 11.0. The highest BCUT2D eigenvalue weighted by atomic mass is 16.5. The van der Waals surface area contributed by atoms with Gasteiger partial charge in [0, 0.05) is 13.2 Å². The van der Waals surface area contributed by atoms with Crippen LogP contribution < -0.4 is 5.73 Å². The maximum absolute atomic E-state index is 11.7. The van der Waals surface area contributed by atoms with Gasteiger partial charge in [-0.1, -0.05) is 0 Å². The van der Waals surface area contributed by atoms with Gasteiger partial charge in [0.25, 0.3) is 0 Å². The Balaban J connectivity index is 2.39. The average molecular weight is 249 g/mol. The Morgan fingerprint density at radius 1 is 1.61 bits per heavy atom. The van der Waals surface area contributed by atoms with Crippen LogP contribution >= 0.6 is 0 Å². The van der Waals surface area contributed by atoms with Gasteiger partial charge in [-0.05, 0) is 32.8 Å². The molecule has 2 N–H and O–H groups in total. The van der Waals surface area contributed by atoms with E-state index in [1.165, 1.54) is 0 Å². The van der Waals surface area contributed by atoms with Gasteiger partial charge in [-0.25, -0.2) is 4.79 Å². The van der Waals surface area contributed by atoms with Gasteiger partial charge in [0.05, 0.1) is 23.8 Å². The summed E-state index contributed by atoms with van der Waals surface area (Å²) in [6.07, 6.45) is 3.04. The van der Waals surface area contributed by atoms with Crippen LogP contribution in [-0.4, -0.2) is 17.1 Å². The summed E-state index contributed by atoms with van der Waals surface area (Å²) in [5.74, 6) is -0.385. The quantitative estimate of drug-likeness (QED) is 0.640. The lowest BCUT2D eigenvalue weighted by atomic mass is 9.90. The van der Waals surface area contributed by atoms with Crippen molar-refractivity contribution in [2.45, 2.75) is 26.7 Å². The number of aromatic nitrogens is 1. The zero-order valence-electron chi connectivity index (χ0n) is 11.1. The van der Waals surface area contributed by atoms with Gasteiger partial charge in [-0.3, -0.25) is 0 Å². The minimum Gasteiger partial charge on any atom is -0.461 e. The molecular formula is C13H19N3O2. The van der Waals surface area contributed by atoms with E-state index in [1.807, 2.05) is 13.8 Å². The van der Waals surface area contributed by atoms with Crippen LogP contribution in [0.3, 0.4) is 0 Å². The van der Waals surface area contributed by atoms with Gasteiger partial charge in [0.2, 0.25) is 0 Å². The molecule has 0 aliphatic carbocycles. The van der Waals surface area contributed by atoms with Crippen LogP contribution in [0.15, 0.2) is 12.3 Å². The minimum absolute atomic E-state index is 0.315. The Hall–Kier alpha value is -1.96. The van der Waals surface area contributed by atoms with Crippen LogP contribution in [0.5, 0.6) is 0 Å². The second-order valence-electron chi connectivity index (χ2n) is 5.00. The number of nitrogens with two attached hydrogens (primary N) is 1. The fraction of sp³-hybridized carbons (Fsp3) is 0.538. The highest BCUT2D eigenvalue weighted by molar-refractivity contribution is 5.89. The standard InChI is InChI=1S/C13H19N3O2/c1-13(2,9-14)5-4-6-18-12(17)11-7-10(15)8-16(11)3/h7-8H,4-6,15H2,1-3H3. The number of carbonyl (C=O) groups is 1. The monoisotopic (exact) mass is 249 g/mol. The molecule has 0 aliphatic heterocycles. The van der Waals surface area contributed by atoms with Crippen LogP contribution in [0.25, 0.3) is 0 Å². The molecule has 1 aromatic heterocycles. The molecule has 0 fully saturated rings. The minimum atomic E-state index is -0.385. The van der Waals surface area contributed by atoms with Gasteiger partial charge >= 0.3 is 5.97 Å². The summed E-state index contributed by atoms with van der Waals surface area (Å²) >= 11 is 0. The van der Waals surface area contributed by atoms with E-state index in [1.54, 1.807) is 23.9 Å². The fourth-order valence-corrected chi connectivity index (χ4v) is 1.60. The number of nitrogens with zero attached hydrogens (tertiary/aromatic N) is 2. The second-order valence-corrected chi connectivity index (χ2v) is 5.00. The molecule has 1 aromatic rings. The van der Waals surface area contributed by atoms with Crippen molar-refractivity contribution in [3.05, 3.63) is 18.0 Å².